The molecule has 0 radical (unpaired) electrons. The number of rotatable bonds is 4. The summed E-state index contributed by atoms with van der Waals surface area (Å²) in [4.78, 5) is 6.57. The van der Waals surface area contributed by atoms with Gasteiger partial charge in [-0.15, -0.1) is 24.0 Å². The second-order valence-corrected chi connectivity index (χ2v) is 9.17. The summed E-state index contributed by atoms with van der Waals surface area (Å²) in [5, 5.41) is 0. The summed E-state index contributed by atoms with van der Waals surface area (Å²) in [5.74, 6) is 2.69. The second-order valence-electron chi connectivity index (χ2n) is 5.85. The van der Waals surface area contributed by atoms with E-state index >= 15 is 0 Å². The zero-order chi connectivity index (χ0) is 16.2. The van der Waals surface area contributed by atoms with Crippen molar-refractivity contribution in [3.8, 4) is 0 Å². The molecule has 1 unspecified atom stereocenters. The Morgan fingerprint density at radius 2 is 1.91 bits per heavy atom. The van der Waals surface area contributed by atoms with Gasteiger partial charge in [0.1, 0.15) is 0 Å². The SMILES string of the molecule is CN(C)S(=O)(=O)N1CCCCC1CN=C(N)N1CCSCC1.I. The molecule has 2 rings (SSSR count). The van der Waals surface area contributed by atoms with Crippen molar-refractivity contribution in [2.45, 2.75) is 25.3 Å². The number of piperidine rings is 1. The molecule has 2 heterocycles. The van der Waals surface area contributed by atoms with Crippen LogP contribution in [0.3, 0.4) is 0 Å². The van der Waals surface area contributed by atoms with Gasteiger partial charge in [0.25, 0.3) is 10.2 Å². The van der Waals surface area contributed by atoms with Gasteiger partial charge >= 0.3 is 0 Å². The average molecular weight is 477 g/mol. The molecular formula is C13H28IN5O2S2. The van der Waals surface area contributed by atoms with Gasteiger partial charge in [-0.3, -0.25) is 4.99 Å². The number of hydrogen-bond acceptors (Lipinski definition) is 4. The smallest absolute Gasteiger partial charge is 0.281 e. The highest BCUT2D eigenvalue weighted by Crippen LogP contribution is 2.22. The molecule has 2 saturated heterocycles. The fourth-order valence-electron chi connectivity index (χ4n) is 2.76. The molecule has 23 heavy (non-hydrogen) atoms. The van der Waals surface area contributed by atoms with Crippen LogP contribution in [-0.4, -0.2) is 85.7 Å². The maximum absolute atomic E-state index is 12.4. The molecule has 2 aliphatic heterocycles. The van der Waals surface area contributed by atoms with E-state index in [1.54, 1.807) is 18.4 Å². The van der Waals surface area contributed by atoms with Gasteiger partial charge in [-0.05, 0) is 12.8 Å². The van der Waals surface area contributed by atoms with Crippen LogP contribution in [0.4, 0.5) is 0 Å². The van der Waals surface area contributed by atoms with Crippen LogP contribution in [0.1, 0.15) is 19.3 Å². The van der Waals surface area contributed by atoms with Gasteiger partial charge in [-0.1, -0.05) is 6.42 Å². The molecule has 0 aromatic carbocycles. The maximum atomic E-state index is 12.4. The van der Waals surface area contributed by atoms with Crippen molar-refractivity contribution in [3.63, 3.8) is 0 Å². The summed E-state index contributed by atoms with van der Waals surface area (Å²) >= 11 is 1.92. The van der Waals surface area contributed by atoms with Crippen LogP contribution in [0, 0.1) is 0 Å². The molecule has 0 saturated carbocycles. The van der Waals surface area contributed by atoms with E-state index in [0.717, 1.165) is 43.9 Å². The summed E-state index contributed by atoms with van der Waals surface area (Å²) in [6.45, 7) is 2.86. The lowest BCUT2D eigenvalue weighted by atomic mass is 10.1. The topological polar surface area (TPSA) is 82.2 Å². The second kappa shape index (κ2) is 9.64. The van der Waals surface area contributed by atoms with Crippen molar-refractivity contribution in [2.75, 3.05) is 51.8 Å². The Balaban J connectivity index is 0.00000264. The van der Waals surface area contributed by atoms with E-state index in [-0.39, 0.29) is 30.0 Å². The van der Waals surface area contributed by atoms with Gasteiger partial charge in [-0.2, -0.15) is 28.8 Å². The summed E-state index contributed by atoms with van der Waals surface area (Å²) in [7, 11) is -0.235. The normalized spacial score (nSPS) is 24.6. The zero-order valence-electron chi connectivity index (χ0n) is 13.8. The van der Waals surface area contributed by atoms with Crippen molar-refractivity contribution < 1.29 is 8.42 Å². The molecule has 0 aromatic heterocycles. The first-order chi connectivity index (χ1) is 10.4. The molecule has 1 atom stereocenters. The first kappa shape index (κ1) is 21.3. The Hall–Kier alpha value is 0.220. The molecule has 2 aliphatic rings. The van der Waals surface area contributed by atoms with E-state index in [0.29, 0.717) is 19.0 Å². The van der Waals surface area contributed by atoms with Gasteiger partial charge < -0.3 is 10.6 Å². The van der Waals surface area contributed by atoms with Crippen LogP contribution < -0.4 is 5.73 Å². The van der Waals surface area contributed by atoms with E-state index in [2.05, 4.69) is 9.89 Å². The minimum atomic E-state index is -3.38. The first-order valence-electron chi connectivity index (χ1n) is 7.75. The highest BCUT2D eigenvalue weighted by molar-refractivity contribution is 14.0. The van der Waals surface area contributed by atoms with E-state index in [9.17, 15) is 8.42 Å². The van der Waals surface area contributed by atoms with Crippen LogP contribution in [-0.2, 0) is 10.2 Å². The monoisotopic (exact) mass is 477 g/mol. The van der Waals surface area contributed by atoms with Crippen molar-refractivity contribution in [3.05, 3.63) is 0 Å². The van der Waals surface area contributed by atoms with Crippen LogP contribution in [0.25, 0.3) is 0 Å². The number of guanidine groups is 1. The number of nitrogens with zero attached hydrogens (tertiary/aromatic N) is 4. The fraction of sp³-hybridized carbons (Fsp3) is 0.923. The van der Waals surface area contributed by atoms with E-state index in [1.807, 2.05) is 11.8 Å². The summed E-state index contributed by atoms with van der Waals surface area (Å²) in [5.41, 5.74) is 6.07. The molecule has 0 bridgehead atoms. The highest BCUT2D eigenvalue weighted by Gasteiger charge is 2.33. The number of thioether (sulfide) groups is 1. The van der Waals surface area contributed by atoms with Crippen molar-refractivity contribution in [2.24, 2.45) is 10.7 Å². The van der Waals surface area contributed by atoms with Crippen molar-refractivity contribution in [1.82, 2.24) is 13.5 Å². The molecular weight excluding hydrogens is 449 g/mol. The molecule has 0 aliphatic carbocycles. The van der Waals surface area contributed by atoms with Gasteiger partial charge in [0.05, 0.1) is 6.54 Å². The lowest BCUT2D eigenvalue weighted by Crippen LogP contribution is -2.50. The van der Waals surface area contributed by atoms with Gasteiger partial charge in [-0.25, -0.2) is 0 Å². The predicted octanol–water partition coefficient (Wildman–Crippen LogP) is 0.629. The molecule has 2 fully saturated rings. The molecule has 7 nitrogen and oxygen atoms in total. The van der Waals surface area contributed by atoms with Crippen LogP contribution in [0.5, 0.6) is 0 Å². The Kier molecular flexibility index (Phi) is 8.91. The highest BCUT2D eigenvalue weighted by atomic mass is 127. The molecule has 2 N–H and O–H groups in total. The summed E-state index contributed by atoms with van der Waals surface area (Å²) in [6, 6.07) is -0.0844. The quantitative estimate of drug-likeness (QED) is 0.365. The minimum absolute atomic E-state index is 0. The molecule has 0 aromatic rings. The fourth-order valence-corrected chi connectivity index (χ4v) is 4.99. The zero-order valence-corrected chi connectivity index (χ0v) is 17.8. The Labute approximate surface area is 161 Å². The van der Waals surface area contributed by atoms with Crippen molar-refractivity contribution >= 4 is 51.9 Å². The number of nitrogens with two attached hydrogens (primary N) is 1. The van der Waals surface area contributed by atoms with Crippen LogP contribution in [0.15, 0.2) is 4.99 Å². The molecule has 0 spiro atoms. The third-order valence-corrected chi connectivity index (χ3v) is 7.07. The lowest BCUT2D eigenvalue weighted by molar-refractivity contribution is 0.244. The van der Waals surface area contributed by atoms with E-state index in [1.165, 1.54) is 4.31 Å². The van der Waals surface area contributed by atoms with Crippen LogP contribution >= 0.6 is 35.7 Å². The third kappa shape index (κ3) is 5.62. The lowest BCUT2D eigenvalue weighted by Gasteiger charge is -2.35. The summed E-state index contributed by atoms with van der Waals surface area (Å²) in [6.07, 6.45) is 2.80. The van der Waals surface area contributed by atoms with Gasteiger partial charge in [0.15, 0.2) is 5.96 Å². The number of hydrogen-bond donors (Lipinski definition) is 1. The first-order valence-corrected chi connectivity index (χ1v) is 10.3. The Bertz CT molecular complexity index is 495. The van der Waals surface area contributed by atoms with E-state index in [4.69, 9.17) is 5.73 Å². The Morgan fingerprint density at radius 3 is 2.52 bits per heavy atom. The van der Waals surface area contributed by atoms with Crippen LogP contribution in [0.2, 0.25) is 0 Å². The minimum Gasteiger partial charge on any atom is -0.370 e. The average Bonchev–Trinajstić information content (AvgIpc) is 2.53. The van der Waals surface area contributed by atoms with E-state index < -0.39 is 10.2 Å². The molecule has 136 valence electrons. The van der Waals surface area contributed by atoms with Crippen molar-refractivity contribution in [1.29, 1.82) is 0 Å². The summed E-state index contributed by atoms with van der Waals surface area (Å²) < 4.78 is 27.7. The Morgan fingerprint density at radius 1 is 1.26 bits per heavy atom. The maximum Gasteiger partial charge on any atom is 0.281 e. The third-order valence-electron chi connectivity index (χ3n) is 4.13. The number of aliphatic imine (C=N–C) groups is 1. The molecule has 0 amide bonds. The van der Waals surface area contributed by atoms with Gasteiger partial charge in [0.2, 0.25) is 0 Å². The predicted molar refractivity (Wildman–Crippen MR) is 108 cm³/mol. The largest absolute Gasteiger partial charge is 0.370 e. The van der Waals surface area contributed by atoms with Gasteiger partial charge in [0, 0.05) is 51.3 Å². The number of halogens is 1. The molecule has 10 heteroatoms. The standard InChI is InChI=1S/C13H27N5O2S2.HI/c1-16(2)22(19,20)18-6-4-3-5-12(18)11-15-13(14)17-7-9-21-10-8-17;/h12H,3-11H2,1-2H3,(H2,14,15);1H.